The van der Waals surface area contributed by atoms with Gasteiger partial charge in [-0.25, -0.2) is 13.5 Å². The molecule has 0 spiro atoms. The number of benzene rings is 2. The number of anilines is 4. The number of aryl methyl sites for hydroxylation is 2. The molecule has 60 heavy (non-hydrogen) atoms. The van der Waals surface area contributed by atoms with E-state index in [9.17, 15) is 14.4 Å². The Labute approximate surface area is 347 Å². The number of fused-ring (bicyclic) bond motifs is 7. The second-order valence-electron chi connectivity index (χ2n) is 16.0. The summed E-state index contributed by atoms with van der Waals surface area (Å²) >= 11 is 0. The number of hydrogen-bond acceptors (Lipinski definition) is 12. The van der Waals surface area contributed by atoms with Crippen molar-refractivity contribution >= 4 is 46.4 Å². The van der Waals surface area contributed by atoms with Gasteiger partial charge in [-0.3, -0.25) is 29.6 Å². The van der Waals surface area contributed by atoms with E-state index >= 15 is 8.78 Å². The Kier molecular flexibility index (Phi) is 11.8. The Morgan fingerprint density at radius 3 is 2.62 bits per heavy atom. The molecule has 2 aromatic heterocycles. The summed E-state index contributed by atoms with van der Waals surface area (Å²) in [5.74, 6) is -2.88. The number of hydrogen-bond donors (Lipinski definition) is 3. The van der Waals surface area contributed by atoms with E-state index < -0.39 is 29.4 Å². The number of amides is 3. The molecule has 15 nitrogen and oxygen atoms in total. The molecule has 4 aliphatic rings. The maximum absolute atomic E-state index is 15.2. The molecule has 4 aliphatic heterocycles. The van der Waals surface area contributed by atoms with Crippen molar-refractivity contribution in [3.05, 3.63) is 77.1 Å². The summed E-state index contributed by atoms with van der Waals surface area (Å²) in [4.78, 5) is 53.8. The fourth-order valence-electron chi connectivity index (χ4n) is 8.59. The summed E-state index contributed by atoms with van der Waals surface area (Å²) in [6.07, 6.45) is 3.52. The van der Waals surface area contributed by atoms with Crippen molar-refractivity contribution < 1.29 is 32.6 Å². The molecule has 6 heterocycles. The predicted molar refractivity (Wildman–Crippen MR) is 224 cm³/mol. The van der Waals surface area contributed by atoms with Crippen LogP contribution >= 0.6 is 0 Å². The molecule has 2 bridgehead atoms. The van der Waals surface area contributed by atoms with Crippen LogP contribution in [0, 0.1) is 24.5 Å². The third-order valence-electron chi connectivity index (χ3n) is 11.6. The smallest absolute Gasteiger partial charge is 0.280 e. The lowest BCUT2D eigenvalue weighted by Gasteiger charge is -2.42. The average Bonchev–Trinajstić information content (AvgIpc) is 3.75. The number of nitrogens with zero attached hydrogens (tertiary/aromatic N) is 7. The number of piperidine rings is 1. The van der Waals surface area contributed by atoms with Crippen molar-refractivity contribution in [2.24, 2.45) is 18.0 Å². The minimum atomic E-state index is -1.05. The zero-order valence-corrected chi connectivity index (χ0v) is 34.3. The minimum absolute atomic E-state index is 0.0319. The number of imide groups is 1. The Morgan fingerprint density at radius 1 is 1.02 bits per heavy atom. The number of piperazine rings is 1. The Hall–Kier alpha value is -5.94. The molecular formula is C43H50F2N10O5. The second-order valence-corrected chi connectivity index (χ2v) is 16.0. The van der Waals surface area contributed by atoms with Crippen molar-refractivity contribution in [3.8, 4) is 17.1 Å². The Bertz CT molecular complexity index is 2310. The van der Waals surface area contributed by atoms with Crippen LogP contribution in [-0.4, -0.2) is 109 Å². The van der Waals surface area contributed by atoms with Crippen LogP contribution in [0.5, 0.6) is 5.88 Å². The first kappa shape index (κ1) is 40.8. The fourth-order valence-corrected chi connectivity index (χ4v) is 8.59. The molecule has 2 fully saturated rings. The predicted octanol–water partition coefficient (Wildman–Crippen LogP) is 5.08. The lowest BCUT2D eigenvalue weighted by molar-refractivity contribution is -0.134. The van der Waals surface area contributed by atoms with Gasteiger partial charge in [0, 0.05) is 88.0 Å². The lowest BCUT2D eigenvalue weighted by atomic mass is 9.89. The molecule has 17 heteroatoms. The lowest BCUT2D eigenvalue weighted by Crippen LogP contribution is -2.56. The van der Waals surface area contributed by atoms with Gasteiger partial charge < -0.3 is 29.9 Å². The van der Waals surface area contributed by atoms with Crippen molar-refractivity contribution in [2.45, 2.75) is 51.5 Å². The van der Waals surface area contributed by atoms with Gasteiger partial charge >= 0.3 is 0 Å². The van der Waals surface area contributed by atoms with E-state index in [1.165, 1.54) is 12.1 Å². The van der Waals surface area contributed by atoms with Gasteiger partial charge in [-0.05, 0) is 74.6 Å². The van der Waals surface area contributed by atoms with Crippen LogP contribution in [-0.2, 0) is 21.4 Å². The third-order valence-corrected chi connectivity index (χ3v) is 11.6. The molecule has 2 saturated heterocycles. The van der Waals surface area contributed by atoms with Gasteiger partial charge in [-0.15, -0.1) is 0 Å². The van der Waals surface area contributed by atoms with E-state index in [4.69, 9.17) is 14.5 Å². The zero-order valence-electron chi connectivity index (χ0n) is 34.3. The number of ether oxygens (including phenoxy) is 2. The number of nitrogens with one attached hydrogen (secondary N) is 3. The van der Waals surface area contributed by atoms with E-state index in [1.807, 2.05) is 20.0 Å². The molecule has 3 N–H and O–H groups in total. The topological polar surface area (TPSA) is 159 Å². The zero-order chi connectivity index (χ0) is 42.1. The fraction of sp³-hybridized carbons (Fsp3) is 0.442. The number of aliphatic imine (C=N–C) groups is 1. The summed E-state index contributed by atoms with van der Waals surface area (Å²) < 4.78 is 43.9. The van der Waals surface area contributed by atoms with Crippen molar-refractivity contribution in [1.29, 1.82) is 0 Å². The second kappa shape index (κ2) is 17.3. The van der Waals surface area contributed by atoms with Crippen molar-refractivity contribution in [1.82, 2.24) is 25.0 Å². The summed E-state index contributed by atoms with van der Waals surface area (Å²) in [7, 11) is 3.50. The molecule has 8 rings (SSSR count). The van der Waals surface area contributed by atoms with Crippen LogP contribution in [0.2, 0.25) is 0 Å². The number of guanidine groups is 1. The standard InChI is InChI=1S/C43H50F2N10O5/c1-25-6-5-15-60-42-32(21-47-52(42)3)36-17-27(16-26(2)48-36)40(57)51-43-49-35-9-7-29(20-37(35)55(43)22-25)54-14-13-53(30(23-54)24-59-4)12-11-46-28-18-33(44)39(34(45)19-28)31-8-10-38(56)50-41(31)58/h7,9,16-21,25,30-31,46H,5-6,8,10-15,22-24H2,1-4H3,(H,49,51,57)(H,50,56,58)/t25-,30+,31-/m1/s1. The monoisotopic (exact) mass is 824 g/mol. The largest absolute Gasteiger partial charge is 0.477 e. The van der Waals surface area contributed by atoms with Gasteiger partial charge in [0.25, 0.3) is 5.91 Å². The van der Waals surface area contributed by atoms with Crippen LogP contribution in [0.15, 0.2) is 53.7 Å². The van der Waals surface area contributed by atoms with Gasteiger partial charge in [0.05, 0.1) is 54.0 Å². The average molecular weight is 825 g/mol. The molecule has 0 unspecified atom stereocenters. The summed E-state index contributed by atoms with van der Waals surface area (Å²) in [5, 5.41) is 13.1. The van der Waals surface area contributed by atoms with Crippen LogP contribution in [0.4, 0.5) is 31.5 Å². The third kappa shape index (κ3) is 8.54. The highest BCUT2D eigenvalue weighted by molar-refractivity contribution is 6.19. The maximum Gasteiger partial charge on any atom is 0.280 e. The van der Waals surface area contributed by atoms with Crippen LogP contribution < -0.4 is 30.5 Å². The molecule has 0 saturated carbocycles. The van der Waals surface area contributed by atoms with Gasteiger partial charge in [-0.2, -0.15) is 10.1 Å². The number of carbonyl (C=O) groups excluding carboxylic acids is 3. The number of halogens is 2. The molecule has 0 aliphatic carbocycles. The number of methoxy groups -OCH3 is 1. The normalized spacial score (nSPS) is 22.0. The number of rotatable bonds is 8. The minimum Gasteiger partial charge on any atom is -0.477 e. The quantitative estimate of drug-likeness (QED) is 0.203. The van der Waals surface area contributed by atoms with Crippen LogP contribution in [0.3, 0.4) is 0 Å². The molecule has 316 valence electrons. The number of aromatic nitrogens is 3. The van der Waals surface area contributed by atoms with Gasteiger partial charge in [-0.1, -0.05) is 6.92 Å². The summed E-state index contributed by atoms with van der Waals surface area (Å²) in [6, 6.07) is 12.2. The molecule has 4 aromatic rings. The number of pyridine rings is 1. The van der Waals surface area contributed by atoms with Crippen LogP contribution in [0.25, 0.3) is 11.3 Å². The van der Waals surface area contributed by atoms with E-state index in [2.05, 4.69) is 59.8 Å². The van der Waals surface area contributed by atoms with E-state index in [0.717, 1.165) is 48.6 Å². The van der Waals surface area contributed by atoms with Gasteiger partial charge in [0.2, 0.25) is 23.7 Å². The highest BCUT2D eigenvalue weighted by Gasteiger charge is 2.34. The summed E-state index contributed by atoms with van der Waals surface area (Å²) in [5.41, 5.74) is 5.21. The van der Waals surface area contributed by atoms with Crippen molar-refractivity contribution in [3.63, 3.8) is 0 Å². The van der Waals surface area contributed by atoms with E-state index in [0.29, 0.717) is 68.2 Å². The van der Waals surface area contributed by atoms with Gasteiger partial charge in [0.1, 0.15) is 11.6 Å². The summed E-state index contributed by atoms with van der Waals surface area (Å²) in [6.45, 7) is 8.82. The maximum atomic E-state index is 15.2. The Balaban J connectivity index is 0.964. The Morgan fingerprint density at radius 2 is 1.83 bits per heavy atom. The first-order chi connectivity index (χ1) is 28.9. The number of carbonyl (C=O) groups is 3. The first-order valence-corrected chi connectivity index (χ1v) is 20.5. The van der Waals surface area contributed by atoms with E-state index in [-0.39, 0.29) is 42.0 Å². The molecule has 2 aromatic carbocycles. The van der Waals surface area contributed by atoms with Crippen LogP contribution in [0.1, 0.15) is 60.1 Å². The van der Waals surface area contributed by atoms with Crippen molar-refractivity contribution in [2.75, 3.05) is 80.0 Å². The SMILES string of the molecule is COC[C@@H]1CN(c2ccc3c(c2)N2C[C@H](C)CCCOc4c(cnn4C)-c4cc(cc(C)n4)C(=O)/N=C/2N3)CCN1CCNc1cc(F)c([C@H]2CCC(=O)NC2=O)c(F)c1. The highest BCUT2D eigenvalue weighted by Crippen LogP contribution is 2.38. The molecule has 3 atom stereocenters. The highest BCUT2D eigenvalue weighted by atomic mass is 19.1. The molecule has 0 radical (unpaired) electrons. The molecular weight excluding hydrogens is 775 g/mol. The van der Waals surface area contributed by atoms with E-state index in [1.54, 1.807) is 30.1 Å². The van der Waals surface area contributed by atoms with Gasteiger partial charge in [0.15, 0.2) is 0 Å². The molecule has 3 amide bonds. The first-order valence-electron chi connectivity index (χ1n) is 20.5.